The van der Waals surface area contributed by atoms with Gasteiger partial charge in [0.2, 0.25) is 0 Å². The summed E-state index contributed by atoms with van der Waals surface area (Å²) in [5, 5.41) is 10.9. The highest BCUT2D eigenvalue weighted by Crippen LogP contribution is 2.23. The highest BCUT2D eigenvalue weighted by atomic mass is 16.3. The van der Waals surface area contributed by atoms with E-state index in [1.165, 1.54) is 77.0 Å². The van der Waals surface area contributed by atoms with Crippen molar-refractivity contribution in [2.45, 2.75) is 90.4 Å². The number of aromatic hydroxyl groups is 1. The van der Waals surface area contributed by atoms with Crippen LogP contribution in [0.5, 0.6) is 5.75 Å². The molecule has 0 aliphatic heterocycles. The average molecular weight is 368 g/mol. The van der Waals surface area contributed by atoms with Crippen LogP contribution in [0.3, 0.4) is 0 Å². The first-order chi connectivity index (χ1) is 13.3. The van der Waals surface area contributed by atoms with Crippen LogP contribution in [0.1, 0.15) is 89.7 Å². The summed E-state index contributed by atoms with van der Waals surface area (Å²) in [6.45, 7) is 2.27. The molecular formula is C25H37NO. The third kappa shape index (κ3) is 8.60. The first-order valence-corrected chi connectivity index (χ1v) is 11.0. The Labute approximate surface area is 165 Å². The molecule has 0 fully saturated rings. The molecule has 0 aliphatic carbocycles. The molecule has 0 radical (unpaired) electrons. The van der Waals surface area contributed by atoms with Crippen molar-refractivity contribution >= 4 is 10.9 Å². The second-order valence-electron chi connectivity index (χ2n) is 7.63. The van der Waals surface area contributed by atoms with Crippen molar-refractivity contribution in [1.82, 2.24) is 4.98 Å². The van der Waals surface area contributed by atoms with Crippen LogP contribution in [0.25, 0.3) is 10.9 Å². The van der Waals surface area contributed by atoms with Crippen LogP contribution in [0.2, 0.25) is 0 Å². The number of phenolic OH excluding ortho intramolecular Hbond substituents is 1. The molecule has 1 aromatic carbocycles. The van der Waals surface area contributed by atoms with Crippen molar-refractivity contribution in [3.8, 4) is 5.75 Å². The monoisotopic (exact) mass is 367 g/mol. The number of fused-ring (bicyclic) bond motifs is 1. The van der Waals surface area contributed by atoms with E-state index in [9.17, 15) is 5.11 Å². The second-order valence-corrected chi connectivity index (χ2v) is 7.63. The Morgan fingerprint density at radius 2 is 1.44 bits per heavy atom. The van der Waals surface area contributed by atoms with Gasteiger partial charge in [-0.25, -0.2) is 4.98 Å². The molecule has 0 bridgehead atoms. The van der Waals surface area contributed by atoms with Crippen LogP contribution in [0, 0.1) is 0 Å². The number of hydrogen-bond acceptors (Lipinski definition) is 2. The van der Waals surface area contributed by atoms with Gasteiger partial charge in [-0.3, -0.25) is 0 Å². The summed E-state index contributed by atoms with van der Waals surface area (Å²) in [5.74, 6) is 0.280. The minimum absolute atomic E-state index is 0.280. The first kappa shape index (κ1) is 21.5. The van der Waals surface area contributed by atoms with Crippen molar-refractivity contribution < 1.29 is 5.11 Å². The van der Waals surface area contributed by atoms with E-state index in [1.54, 1.807) is 6.07 Å². The molecule has 0 saturated carbocycles. The maximum Gasteiger partial charge on any atom is 0.141 e. The van der Waals surface area contributed by atoms with E-state index in [4.69, 9.17) is 0 Å². The topological polar surface area (TPSA) is 33.1 Å². The molecular weight excluding hydrogens is 330 g/mol. The average Bonchev–Trinajstić information content (AvgIpc) is 2.69. The van der Waals surface area contributed by atoms with Crippen molar-refractivity contribution in [2.75, 3.05) is 0 Å². The molecule has 1 N–H and O–H groups in total. The standard InChI is InChI=1S/C25H37NO/c1-2-3-4-5-6-7-8-9-10-11-12-13-14-15-18-23-21-20-22-17-16-19-24(27)25(22)26-23/h9-10,16-17,19-21,27H,2-8,11-15,18H2,1H3. The Morgan fingerprint density at radius 3 is 2.19 bits per heavy atom. The maximum atomic E-state index is 9.92. The molecule has 2 heteroatoms. The summed E-state index contributed by atoms with van der Waals surface area (Å²) >= 11 is 0. The third-order valence-corrected chi connectivity index (χ3v) is 5.20. The van der Waals surface area contributed by atoms with Crippen molar-refractivity contribution in [3.63, 3.8) is 0 Å². The number of phenols is 1. The number of aryl methyl sites for hydroxylation is 1. The molecule has 2 aromatic rings. The van der Waals surface area contributed by atoms with E-state index in [0.29, 0.717) is 0 Å². The summed E-state index contributed by atoms with van der Waals surface area (Å²) in [6.07, 6.45) is 21.5. The summed E-state index contributed by atoms with van der Waals surface area (Å²) < 4.78 is 0. The van der Waals surface area contributed by atoms with Gasteiger partial charge >= 0.3 is 0 Å². The number of rotatable bonds is 14. The van der Waals surface area contributed by atoms with E-state index in [-0.39, 0.29) is 5.75 Å². The lowest BCUT2D eigenvalue weighted by molar-refractivity contribution is 0.480. The molecule has 1 aromatic heterocycles. The van der Waals surface area contributed by atoms with Gasteiger partial charge in [0.15, 0.2) is 0 Å². The van der Waals surface area contributed by atoms with Gasteiger partial charge in [-0.2, -0.15) is 0 Å². The lowest BCUT2D eigenvalue weighted by Gasteiger charge is -2.04. The maximum absolute atomic E-state index is 9.92. The Hall–Kier alpha value is -1.83. The van der Waals surface area contributed by atoms with E-state index in [0.717, 1.165) is 23.0 Å². The molecule has 1 heterocycles. The zero-order chi connectivity index (χ0) is 19.2. The molecule has 2 rings (SSSR count). The van der Waals surface area contributed by atoms with Gasteiger partial charge in [0, 0.05) is 11.1 Å². The van der Waals surface area contributed by atoms with Gasteiger partial charge in [-0.15, -0.1) is 0 Å². The van der Waals surface area contributed by atoms with Crippen LogP contribution >= 0.6 is 0 Å². The molecule has 0 saturated heterocycles. The van der Waals surface area contributed by atoms with Gasteiger partial charge in [0.05, 0.1) is 0 Å². The summed E-state index contributed by atoms with van der Waals surface area (Å²) in [6, 6.07) is 9.71. The largest absolute Gasteiger partial charge is 0.506 e. The molecule has 0 unspecified atom stereocenters. The van der Waals surface area contributed by atoms with Gasteiger partial charge in [0.25, 0.3) is 0 Å². The predicted octanol–water partition coefficient (Wildman–Crippen LogP) is 7.74. The smallest absolute Gasteiger partial charge is 0.141 e. The third-order valence-electron chi connectivity index (χ3n) is 5.20. The van der Waals surface area contributed by atoms with Crippen LogP contribution in [0.15, 0.2) is 42.5 Å². The fourth-order valence-electron chi connectivity index (χ4n) is 3.51. The van der Waals surface area contributed by atoms with Gasteiger partial charge < -0.3 is 5.11 Å². The molecule has 0 spiro atoms. The molecule has 2 nitrogen and oxygen atoms in total. The van der Waals surface area contributed by atoms with Gasteiger partial charge in [0.1, 0.15) is 11.3 Å². The van der Waals surface area contributed by atoms with E-state index >= 15 is 0 Å². The highest BCUT2D eigenvalue weighted by Gasteiger charge is 2.02. The number of nitrogens with zero attached hydrogens (tertiary/aromatic N) is 1. The Bertz CT molecular complexity index is 677. The molecule has 0 aliphatic rings. The number of benzene rings is 1. The molecule has 0 atom stereocenters. The van der Waals surface area contributed by atoms with E-state index in [2.05, 4.69) is 36.2 Å². The number of aromatic nitrogens is 1. The fraction of sp³-hybridized carbons (Fsp3) is 0.560. The number of hydrogen-bond donors (Lipinski definition) is 1. The highest BCUT2D eigenvalue weighted by molar-refractivity contribution is 5.84. The second kappa shape index (κ2) is 13.4. The predicted molar refractivity (Wildman–Crippen MR) is 117 cm³/mol. The fourth-order valence-corrected chi connectivity index (χ4v) is 3.51. The van der Waals surface area contributed by atoms with Crippen molar-refractivity contribution in [2.24, 2.45) is 0 Å². The Kier molecular flexibility index (Phi) is 10.6. The van der Waals surface area contributed by atoms with Crippen molar-refractivity contribution in [3.05, 3.63) is 48.2 Å². The quantitative estimate of drug-likeness (QED) is 0.273. The zero-order valence-corrected chi connectivity index (χ0v) is 17.1. The minimum atomic E-state index is 0.280. The summed E-state index contributed by atoms with van der Waals surface area (Å²) in [5.41, 5.74) is 1.81. The Balaban J connectivity index is 1.49. The SMILES string of the molecule is CCCCCCCCC=CCCCCCCc1ccc2cccc(O)c2n1. The summed E-state index contributed by atoms with van der Waals surface area (Å²) in [4.78, 5) is 4.61. The van der Waals surface area contributed by atoms with Gasteiger partial charge in [-0.05, 0) is 50.7 Å². The minimum Gasteiger partial charge on any atom is -0.506 e. The lowest BCUT2D eigenvalue weighted by atomic mass is 10.1. The van der Waals surface area contributed by atoms with Gasteiger partial charge in [-0.1, -0.05) is 82.2 Å². The Morgan fingerprint density at radius 1 is 0.778 bits per heavy atom. The number of unbranched alkanes of at least 4 members (excludes halogenated alkanes) is 10. The molecule has 0 amide bonds. The lowest BCUT2D eigenvalue weighted by Crippen LogP contribution is -1.91. The number of allylic oxidation sites excluding steroid dienone is 2. The molecule has 148 valence electrons. The van der Waals surface area contributed by atoms with E-state index < -0.39 is 0 Å². The normalized spacial score (nSPS) is 11.6. The van der Waals surface area contributed by atoms with Crippen molar-refractivity contribution in [1.29, 1.82) is 0 Å². The number of pyridine rings is 1. The van der Waals surface area contributed by atoms with Crippen LogP contribution in [-0.4, -0.2) is 10.1 Å². The van der Waals surface area contributed by atoms with Crippen LogP contribution in [0.4, 0.5) is 0 Å². The van der Waals surface area contributed by atoms with Crippen LogP contribution < -0.4 is 0 Å². The van der Waals surface area contributed by atoms with E-state index in [1.807, 2.05) is 12.1 Å². The summed E-state index contributed by atoms with van der Waals surface area (Å²) in [7, 11) is 0. The number of para-hydroxylation sites is 1. The van der Waals surface area contributed by atoms with Crippen LogP contribution in [-0.2, 0) is 6.42 Å². The zero-order valence-electron chi connectivity index (χ0n) is 17.1. The first-order valence-electron chi connectivity index (χ1n) is 11.0. The molecule has 27 heavy (non-hydrogen) atoms.